The first-order chi connectivity index (χ1) is 8.16. The van der Waals surface area contributed by atoms with Crippen molar-refractivity contribution in [2.24, 2.45) is 5.92 Å². The molecule has 1 aliphatic rings. The minimum atomic E-state index is -2.47. The number of rotatable bonds is 4. The molecular formula is C12H15ClF2N2. The van der Waals surface area contributed by atoms with Gasteiger partial charge >= 0.3 is 0 Å². The van der Waals surface area contributed by atoms with Crippen LogP contribution < -0.4 is 10.6 Å². The topological polar surface area (TPSA) is 24.1 Å². The summed E-state index contributed by atoms with van der Waals surface area (Å²) >= 11 is 5.95. The van der Waals surface area contributed by atoms with Crippen LogP contribution in [0, 0.1) is 5.92 Å². The summed E-state index contributed by atoms with van der Waals surface area (Å²) in [6, 6.07) is 4.35. The second-order valence-electron chi connectivity index (χ2n) is 4.28. The predicted molar refractivity (Wildman–Crippen MR) is 65.9 cm³/mol. The molecule has 1 fully saturated rings. The third-order valence-electron chi connectivity index (χ3n) is 2.99. The molecule has 94 valence electrons. The van der Waals surface area contributed by atoms with Crippen molar-refractivity contribution in [2.75, 3.05) is 25.0 Å². The lowest BCUT2D eigenvalue weighted by Crippen LogP contribution is -2.17. The highest BCUT2D eigenvalue weighted by atomic mass is 35.5. The van der Waals surface area contributed by atoms with Gasteiger partial charge in [-0.1, -0.05) is 17.7 Å². The third-order valence-corrected chi connectivity index (χ3v) is 3.30. The molecule has 17 heavy (non-hydrogen) atoms. The molecule has 1 aromatic rings. The Balaban J connectivity index is 1.96. The second kappa shape index (κ2) is 5.65. The number of nitrogens with one attached hydrogen (secondary N) is 2. The highest BCUT2D eigenvalue weighted by Crippen LogP contribution is 2.28. The molecule has 1 heterocycles. The Morgan fingerprint density at radius 3 is 2.88 bits per heavy atom. The highest BCUT2D eigenvalue weighted by molar-refractivity contribution is 6.33. The fourth-order valence-electron chi connectivity index (χ4n) is 1.95. The first-order valence-corrected chi connectivity index (χ1v) is 6.07. The summed E-state index contributed by atoms with van der Waals surface area (Å²) in [6.45, 7) is 2.87. The van der Waals surface area contributed by atoms with Crippen LogP contribution in [-0.4, -0.2) is 19.6 Å². The molecule has 0 bridgehead atoms. The average molecular weight is 261 g/mol. The summed E-state index contributed by atoms with van der Waals surface area (Å²) in [5.74, 6) is 0.584. The van der Waals surface area contributed by atoms with E-state index >= 15 is 0 Å². The molecule has 2 rings (SSSR count). The quantitative estimate of drug-likeness (QED) is 0.868. The number of anilines is 1. The van der Waals surface area contributed by atoms with Gasteiger partial charge < -0.3 is 10.6 Å². The standard InChI is InChI=1S/C12H15ClF2N2/c13-10-5-9(12(14)15)1-2-11(10)17-7-8-3-4-16-6-8/h1-2,5,8,12,16-17H,3-4,6-7H2. The van der Waals surface area contributed by atoms with Crippen molar-refractivity contribution in [2.45, 2.75) is 12.8 Å². The van der Waals surface area contributed by atoms with Crippen molar-refractivity contribution in [3.8, 4) is 0 Å². The van der Waals surface area contributed by atoms with Gasteiger partial charge in [-0.2, -0.15) is 0 Å². The SMILES string of the molecule is FC(F)c1ccc(NCC2CCNC2)c(Cl)c1. The second-order valence-corrected chi connectivity index (χ2v) is 4.69. The molecular weight excluding hydrogens is 246 g/mol. The maximum Gasteiger partial charge on any atom is 0.263 e. The molecule has 2 nitrogen and oxygen atoms in total. The van der Waals surface area contributed by atoms with Gasteiger partial charge in [-0.25, -0.2) is 8.78 Å². The van der Waals surface area contributed by atoms with Gasteiger partial charge in [0.2, 0.25) is 0 Å². The normalized spacial score (nSPS) is 19.9. The molecule has 1 aliphatic heterocycles. The van der Waals surface area contributed by atoms with Gasteiger partial charge in [0.25, 0.3) is 6.43 Å². The Morgan fingerprint density at radius 2 is 2.29 bits per heavy atom. The van der Waals surface area contributed by atoms with Crippen LogP contribution in [0.3, 0.4) is 0 Å². The first kappa shape index (κ1) is 12.6. The van der Waals surface area contributed by atoms with E-state index in [1.54, 1.807) is 6.07 Å². The zero-order chi connectivity index (χ0) is 12.3. The number of benzene rings is 1. The maximum absolute atomic E-state index is 12.4. The van der Waals surface area contributed by atoms with Gasteiger partial charge in [0.1, 0.15) is 0 Å². The summed E-state index contributed by atoms with van der Waals surface area (Å²) < 4.78 is 24.8. The van der Waals surface area contributed by atoms with Crippen molar-refractivity contribution >= 4 is 17.3 Å². The van der Waals surface area contributed by atoms with Crippen molar-refractivity contribution in [1.29, 1.82) is 0 Å². The summed E-state index contributed by atoms with van der Waals surface area (Å²) in [4.78, 5) is 0. The number of halogens is 3. The summed E-state index contributed by atoms with van der Waals surface area (Å²) in [5, 5.41) is 6.83. The van der Waals surface area contributed by atoms with Gasteiger partial charge in [0.15, 0.2) is 0 Å². The van der Waals surface area contributed by atoms with E-state index in [9.17, 15) is 8.78 Å². The van der Waals surface area contributed by atoms with E-state index in [-0.39, 0.29) is 5.56 Å². The molecule has 0 amide bonds. The minimum absolute atomic E-state index is 0.0388. The van der Waals surface area contributed by atoms with Crippen molar-refractivity contribution in [3.05, 3.63) is 28.8 Å². The molecule has 0 aliphatic carbocycles. The van der Waals surface area contributed by atoms with Crippen LogP contribution in [0.15, 0.2) is 18.2 Å². The molecule has 1 unspecified atom stereocenters. The largest absolute Gasteiger partial charge is 0.384 e. The smallest absolute Gasteiger partial charge is 0.263 e. The Bertz CT molecular complexity index is 379. The van der Waals surface area contributed by atoms with Gasteiger partial charge in [0.05, 0.1) is 10.7 Å². The van der Waals surface area contributed by atoms with Crippen LogP contribution >= 0.6 is 11.6 Å². The lowest BCUT2D eigenvalue weighted by atomic mass is 10.1. The van der Waals surface area contributed by atoms with Crippen LogP contribution in [-0.2, 0) is 0 Å². The van der Waals surface area contributed by atoms with E-state index in [0.717, 1.165) is 31.7 Å². The molecule has 0 radical (unpaired) electrons. The summed E-state index contributed by atoms with van der Waals surface area (Å²) in [6.07, 6.45) is -1.33. The van der Waals surface area contributed by atoms with Crippen LogP contribution in [0.4, 0.5) is 14.5 Å². The Kier molecular flexibility index (Phi) is 4.18. The Hall–Kier alpha value is -0.870. The van der Waals surface area contributed by atoms with E-state index in [0.29, 0.717) is 10.9 Å². The lowest BCUT2D eigenvalue weighted by molar-refractivity contribution is 0.151. The number of alkyl halides is 2. The van der Waals surface area contributed by atoms with Gasteiger partial charge in [-0.15, -0.1) is 0 Å². The van der Waals surface area contributed by atoms with Crippen LogP contribution in [0.25, 0.3) is 0 Å². The van der Waals surface area contributed by atoms with Gasteiger partial charge in [-0.3, -0.25) is 0 Å². The minimum Gasteiger partial charge on any atom is -0.384 e. The van der Waals surface area contributed by atoms with Gasteiger partial charge in [-0.05, 0) is 37.6 Å². The lowest BCUT2D eigenvalue weighted by Gasteiger charge is -2.13. The maximum atomic E-state index is 12.4. The first-order valence-electron chi connectivity index (χ1n) is 5.69. The van der Waals surface area contributed by atoms with Crippen molar-refractivity contribution in [1.82, 2.24) is 5.32 Å². The van der Waals surface area contributed by atoms with Crippen LogP contribution in [0.2, 0.25) is 5.02 Å². The molecule has 1 saturated heterocycles. The Morgan fingerprint density at radius 1 is 1.47 bits per heavy atom. The molecule has 0 spiro atoms. The fourth-order valence-corrected chi connectivity index (χ4v) is 2.21. The number of hydrogen-bond donors (Lipinski definition) is 2. The highest BCUT2D eigenvalue weighted by Gasteiger charge is 2.15. The molecule has 1 aromatic carbocycles. The molecule has 5 heteroatoms. The third kappa shape index (κ3) is 3.30. The van der Waals surface area contributed by atoms with Crippen LogP contribution in [0.1, 0.15) is 18.4 Å². The summed E-state index contributed by atoms with van der Waals surface area (Å²) in [7, 11) is 0. The Labute approximate surface area is 104 Å². The van der Waals surface area contributed by atoms with E-state index in [4.69, 9.17) is 11.6 Å². The van der Waals surface area contributed by atoms with E-state index in [2.05, 4.69) is 10.6 Å². The fraction of sp³-hybridized carbons (Fsp3) is 0.500. The zero-order valence-corrected chi connectivity index (χ0v) is 10.1. The average Bonchev–Trinajstić information content (AvgIpc) is 2.80. The van der Waals surface area contributed by atoms with E-state index < -0.39 is 6.43 Å². The number of hydrogen-bond acceptors (Lipinski definition) is 2. The monoisotopic (exact) mass is 260 g/mol. The van der Waals surface area contributed by atoms with Crippen molar-refractivity contribution < 1.29 is 8.78 Å². The van der Waals surface area contributed by atoms with Gasteiger partial charge in [0, 0.05) is 12.1 Å². The predicted octanol–water partition coefficient (Wildman–Crippen LogP) is 3.30. The van der Waals surface area contributed by atoms with Crippen molar-refractivity contribution in [3.63, 3.8) is 0 Å². The molecule has 1 atom stereocenters. The molecule has 0 aromatic heterocycles. The summed E-state index contributed by atoms with van der Waals surface area (Å²) in [5.41, 5.74) is 0.686. The molecule has 0 saturated carbocycles. The van der Waals surface area contributed by atoms with E-state index in [1.165, 1.54) is 12.1 Å². The van der Waals surface area contributed by atoms with E-state index in [1.807, 2.05) is 0 Å². The van der Waals surface area contributed by atoms with Crippen LogP contribution in [0.5, 0.6) is 0 Å². The zero-order valence-electron chi connectivity index (χ0n) is 9.35. The molecule has 2 N–H and O–H groups in total.